The lowest BCUT2D eigenvalue weighted by molar-refractivity contribution is 0.660. The molecule has 0 spiro atoms. The third kappa shape index (κ3) is 4.79. The minimum atomic E-state index is -0.579. The molecular weight excluding hydrogens is 635 g/mol. The molecule has 0 N–H and O–H groups in total. The van der Waals surface area contributed by atoms with Crippen LogP contribution >= 0.6 is 0 Å². The van der Waals surface area contributed by atoms with Crippen LogP contribution < -0.4 is 0 Å². The Hall–Kier alpha value is -6.65. The summed E-state index contributed by atoms with van der Waals surface area (Å²) in [5, 5.41) is 0.869. The first-order valence-electron chi connectivity index (χ1n) is 21.9. The van der Waals surface area contributed by atoms with Gasteiger partial charge in [-0.2, -0.15) is 0 Å². The Labute approximate surface area is 316 Å². The summed E-state index contributed by atoms with van der Waals surface area (Å²) in [6.07, 6.45) is 0. The van der Waals surface area contributed by atoms with E-state index in [-0.39, 0.29) is 33.3 Å². The van der Waals surface area contributed by atoms with Crippen LogP contribution in [0.3, 0.4) is 0 Å². The van der Waals surface area contributed by atoms with Crippen molar-refractivity contribution in [3.05, 3.63) is 175 Å². The summed E-state index contributed by atoms with van der Waals surface area (Å²) < 4.78 is 92.6. The van der Waals surface area contributed by atoms with E-state index >= 15 is 0 Å². The normalized spacial score (nSPS) is 15.7. The van der Waals surface area contributed by atoms with Crippen LogP contribution in [0.4, 0.5) is 0 Å². The van der Waals surface area contributed by atoms with E-state index in [1.54, 1.807) is 18.2 Å². The van der Waals surface area contributed by atoms with Crippen molar-refractivity contribution in [3.63, 3.8) is 0 Å². The second kappa shape index (κ2) is 11.7. The van der Waals surface area contributed by atoms with Gasteiger partial charge in [0.2, 0.25) is 0 Å². The molecule has 9 aromatic rings. The zero-order valence-corrected chi connectivity index (χ0v) is 28.1. The molecule has 10 rings (SSSR count). The largest absolute Gasteiger partial charge is 0.455 e. The van der Waals surface area contributed by atoms with E-state index in [0.717, 1.165) is 22.3 Å². The minimum absolute atomic E-state index is 0.0755. The molecule has 1 aliphatic carbocycles. The van der Waals surface area contributed by atoms with Gasteiger partial charge in [0.05, 0.1) is 13.7 Å². The van der Waals surface area contributed by atoms with Crippen molar-refractivity contribution in [2.45, 2.75) is 19.3 Å². The van der Waals surface area contributed by atoms with Gasteiger partial charge in [-0.1, -0.05) is 153 Å². The molecule has 2 heterocycles. The molecule has 0 bridgehead atoms. The fourth-order valence-electron chi connectivity index (χ4n) is 7.41. The maximum Gasteiger partial charge on any atom is 0.164 e. The summed E-state index contributed by atoms with van der Waals surface area (Å²) in [6, 6.07) is 27.3. The first kappa shape index (κ1) is 21.5. The highest BCUT2D eigenvalue weighted by molar-refractivity contribution is 6.16. The Balaban J connectivity index is 1.28. The second-order valence-electron chi connectivity index (χ2n) is 13.3. The minimum Gasteiger partial charge on any atom is -0.455 e. The predicted molar refractivity (Wildman–Crippen MR) is 212 cm³/mol. The van der Waals surface area contributed by atoms with E-state index in [0.29, 0.717) is 39.4 Å². The monoisotopic (exact) mass is 677 g/mol. The Morgan fingerprint density at radius 3 is 1.92 bits per heavy atom. The van der Waals surface area contributed by atoms with Gasteiger partial charge in [0.15, 0.2) is 17.5 Å². The van der Waals surface area contributed by atoms with Crippen molar-refractivity contribution in [3.8, 4) is 67.5 Å². The highest BCUT2D eigenvalue weighted by Crippen LogP contribution is 2.49. The molecule has 52 heavy (non-hydrogen) atoms. The van der Waals surface area contributed by atoms with Gasteiger partial charge in [-0.3, -0.25) is 0 Å². The van der Waals surface area contributed by atoms with E-state index < -0.39 is 60.4 Å². The SMILES string of the molecule is [2H]c1c([2H])c([2H])c(-c2cc(-c3c([2H])c([2H])c([2H])c([2H])c3[2H])c3oc4cccc(-c5nc(-c6ccccc6)nc(-c6ccc7c(c6)C(C)(C)c6ccccc6-7)n5)c4c3c2)c([2H])c1[2H]. The molecule has 4 nitrogen and oxygen atoms in total. The van der Waals surface area contributed by atoms with Crippen LogP contribution in [0, 0.1) is 0 Å². The van der Waals surface area contributed by atoms with Gasteiger partial charge in [-0.05, 0) is 63.2 Å². The molecule has 0 atom stereocenters. The third-order valence-corrected chi connectivity index (χ3v) is 9.90. The summed E-state index contributed by atoms with van der Waals surface area (Å²) in [5.74, 6) is 1.13. The first-order valence-corrected chi connectivity index (χ1v) is 16.9. The zero-order chi connectivity index (χ0) is 43.5. The highest BCUT2D eigenvalue weighted by atomic mass is 16.3. The average Bonchev–Trinajstić information content (AvgIpc) is 3.78. The molecule has 0 saturated heterocycles. The number of hydrogen-bond acceptors (Lipinski definition) is 4. The maximum atomic E-state index is 8.93. The standard InChI is InChI=1S/C48H33N3O/c1-48(2)40-23-13-12-21-35(40)36-26-25-33(29-41(36)48)46-49-45(32-19-10-5-11-20-32)50-47(51-46)37-22-14-24-42-43(37)39-28-34(30-15-6-3-7-16-30)27-38(44(39)52-42)31-17-8-4-9-18-31/h3-29H,1-2H3/i3D,4D,6D,7D,8D,9D,15D,16D,17D,18D. The smallest absolute Gasteiger partial charge is 0.164 e. The molecule has 246 valence electrons. The maximum absolute atomic E-state index is 8.93. The molecule has 0 unspecified atom stereocenters. The van der Waals surface area contributed by atoms with Crippen molar-refractivity contribution in [1.82, 2.24) is 15.0 Å². The lowest BCUT2D eigenvalue weighted by Gasteiger charge is -2.21. The van der Waals surface area contributed by atoms with Crippen LogP contribution in [-0.4, -0.2) is 15.0 Å². The van der Waals surface area contributed by atoms with Crippen LogP contribution in [0.1, 0.15) is 38.7 Å². The number of nitrogens with zero attached hydrogens (tertiary/aromatic N) is 3. The van der Waals surface area contributed by atoms with Gasteiger partial charge in [0, 0.05) is 38.4 Å². The molecule has 0 fully saturated rings. The number of benzene rings is 7. The van der Waals surface area contributed by atoms with Gasteiger partial charge in [-0.15, -0.1) is 0 Å². The van der Waals surface area contributed by atoms with Gasteiger partial charge < -0.3 is 4.42 Å². The summed E-state index contributed by atoms with van der Waals surface area (Å²) in [4.78, 5) is 15.2. The number of fused-ring (bicyclic) bond motifs is 6. The highest BCUT2D eigenvalue weighted by Gasteiger charge is 2.35. The van der Waals surface area contributed by atoms with Crippen molar-refractivity contribution < 1.29 is 18.1 Å². The van der Waals surface area contributed by atoms with Gasteiger partial charge in [0.25, 0.3) is 0 Å². The van der Waals surface area contributed by atoms with E-state index in [4.69, 9.17) is 33.1 Å². The quantitative estimate of drug-likeness (QED) is 0.182. The first-order chi connectivity index (χ1) is 29.7. The average molecular weight is 678 g/mol. The van der Waals surface area contributed by atoms with E-state index in [1.165, 1.54) is 17.2 Å². The topological polar surface area (TPSA) is 51.8 Å². The summed E-state index contributed by atoms with van der Waals surface area (Å²) >= 11 is 0. The molecular formula is C48H33N3O. The lowest BCUT2D eigenvalue weighted by Crippen LogP contribution is -2.15. The lowest BCUT2D eigenvalue weighted by atomic mass is 9.82. The third-order valence-electron chi connectivity index (χ3n) is 9.90. The molecule has 4 heteroatoms. The Bertz CT molecular complexity index is 3340. The second-order valence-corrected chi connectivity index (χ2v) is 13.3. The Morgan fingerprint density at radius 2 is 1.13 bits per heavy atom. The van der Waals surface area contributed by atoms with Crippen LogP contribution in [0.5, 0.6) is 0 Å². The Kier molecular flexibility index (Phi) is 4.85. The van der Waals surface area contributed by atoms with Gasteiger partial charge in [0.1, 0.15) is 11.2 Å². The van der Waals surface area contributed by atoms with Gasteiger partial charge >= 0.3 is 0 Å². The fraction of sp³-hybridized carbons (Fsp3) is 0.0625. The number of hydrogen-bond donors (Lipinski definition) is 0. The van der Waals surface area contributed by atoms with Gasteiger partial charge in [-0.25, -0.2) is 15.0 Å². The van der Waals surface area contributed by atoms with E-state index in [2.05, 4.69) is 44.2 Å². The molecule has 0 radical (unpaired) electrons. The molecule has 7 aromatic carbocycles. The van der Waals surface area contributed by atoms with Crippen molar-refractivity contribution in [1.29, 1.82) is 0 Å². The van der Waals surface area contributed by atoms with Crippen molar-refractivity contribution >= 4 is 21.9 Å². The number of aromatic nitrogens is 3. The molecule has 2 aromatic heterocycles. The molecule has 0 saturated carbocycles. The number of rotatable bonds is 5. The zero-order valence-electron chi connectivity index (χ0n) is 38.1. The number of furan rings is 1. The Morgan fingerprint density at radius 1 is 0.481 bits per heavy atom. The van der Waals surface area contributed by atoms with Crippen LogP contribution in [-0.2, 0) is 5.41 Å². The van der Waals surface area contributed by atoms with Crippen molar-refractivity contribution in [2.75, 3.05) is 0 Å². The molecule has 0 aliphatic heterocycles. The predicted octanol–water partition coefficient (Wildman–Crippen LogP) is 12.4. The molecule has 1 aliphatic rings. The van der Waals surface area contributed by atoms with E-state index in [9.17, 15) is 0 Å². The summed E-state index contributed by atoms with van der Waals surface area (Å²) in [6.45, 7) is 4.41. The van der Waals surface area contributed by atoms with Crippen LogP contribution in [0.2, 0.25) is 0 Å². The van der Waals surface area contributed by atoms with Crippen LogP contribution in [0.15, 0.2) is 168 Å². The van der Waals surface area contributed by atoms with Crippen molar-refractivity contribution in [2.24, 2.45) is 0 Å². The summed E-state index contributed by atoms with van der Waals surface area (Å²) in [5.41, 5.74) is 6.90. The summed E-state index contributed by atoms with van der Waals surface area (Å²) in [7, 11) is 0. The fourth-order valence-corrected chi connectivity index (χ4v) is 7.41. The van der Waals surface area contributed by atoms with Crippen LogP contribution in [0.25, 0.3) is 89.5 Å². The van der Waals surface area contributed by atoms with E-state index in [1.807, 2.05) is 48.5 Å². The molecule has 0 amide bonds.